The minimum absolute atomic E-state index is 0.0793. The monoisotopic (exact) mass is 402 g/mol. The summed E-state index contributed by atoms with van der Waals surface area (Å²) in [5.41, 5.74) is 1.39. The molecule has 150 valence electrons. The van der Waals surface area contributed by atoms with Crippen LogP contribution < -0.4 is 14.8 Å². The molecule has 2 aromatic carbocycles. The lowest BCUT2D eigenvalue weighted by atomic mass is 9.95. The van der Waals surface area contributed by atoms with Crippen LogP contribution in [0.1, 0.15) is 37.7 Å². The first-order valence-electron chi connectivity index (χ1n) is 9.55. The summed E-state index contributed by atoms with van der Waals surface area (Å²) in [5, 5.41) is 2.99. The molecular formula is C21H26N2O4S. The van der Waals surface area contributed by atoms with E-state index in [0.29, 0.717) is 11.4 Å². The number of anilines is 1. The fraction of sp³-hybridized carbons (Fsp3) is 0.381. The maximum absolute atomic E-state index is 12.5. The number of hydrogen-bond donors (Lipinski definition) is 2. The number of ether oxygens (including phenoxy) is 1. The van der Waals surface area contributed by atoms with Gasteiger partial charge in [0.2, 0.25) is 0 Å². The number of aryl methyl sites for hydroxylation is 1. The van der Waals surface area contributed by atoms with Crippen LogP contribution in [0.4, 0.5) is 5.69 Å². The largest absolute Gasteiger partial charge is 0.484 e. The zero-order valence-corrected chi connectivity index (χ0v) is 16.8. The first-order chi connectivity index (χ1) is 13.4. The minimum atomic E-state index is -3.69. The Labute approximate surface area is 166 Å². The molecular weight excluding hydrogens is 376 g/mol. The molecule has 1 aliphatic carbocycles. The summed E-state index contributed by atoms with van der Waals surface area (Å²) in [6.07, 6.45) is 5.58. The van der Waals surface area contributed by atoms with Crippen LogP contribution in [0.3, 0.4) is 0 Å². The van der Waals surface area contributed by atoms with Crippen molar-refractivity contribution in [3.05, 3.63) is 54.1 Å². The number of para-hydroxylation sites is 1. The van der Waals surface area contributed by atoms with Crippen molar-refractivity contribution in [3.8, 4) is 5.75 Å². The summed E-state index contributed by atoms with van der Waals surface area (Å²) >= 11 is 0. The molecule has 0 bridgehead atoms. The smallest absolute Gasteiger partial charge is 0.261 e. The van der Waals surface area contributed by atoms with E-state index in [1.165, 1.54) is 18.6 Å². The van der Waals surface area contributed by atoms with Crippen molar-refractivity contribution in [2.75, 3.05) is 11.3 Å². The molecule has 0 heterocycles. The second-order valence-corrected chi connectivity index (χ2v) is 8.77. The predicted octanol–water partition coefficient (Wildman–Crippen LogP) is 3.62. The van der Waals surface area contributed by atoms with E-state index in [0.717, 1.165) is 31.2 Å². The van der Waals surface area contributed by atoms with Crippen LogP contribution in [0, 0.1) is 6.92 Å². The highest BCUT2D eigenvalue weighted by atomic mass is 32.2. The molecule has 0 atom stereocenters. The second-order valence-electron chi connectivity index (χ2n) is 7.08. The molecule has 0 unspecified atom stereocenters. The fourth-order valence-corrected chi connectivity index (χ4v) is 4.40. The van der Waals surface area contributed by atoms with Crippen molar-refractivity contribution < 1.29 is 17.9 Å². The summed E-state index contributed by atoms with van der Waals surface area (Å²) in [5.74, 6) is 0.304. The Hall–Kier alpha value is -2.54. The van der Waals surface area contributed by atoms with Gasteiger partial charge >= 0.3 is 0 Å². The van der Waals surface area contributed by atoms with Crippen LogP contribution >= 0.6 is 0 Å². The van der Waals surface area contributed by atoms with Crippen LogP contribution in [-0.4, -0.2) is 27.0 Å². The number of carbonyl (C=O) groups is 1. The topological polar surface area (TPSA) is 84.5 Å². The Kier molecular flexibility index (Phi) is 6.57. The Morgan fingerprint density at radius 2 is 1.71 bits per heavy atom. The maximum atomic E-state index is 12.5. The standard InChI is InChI=1S/C21H26N2O4S/c1-16-7-5-6-10-20(16)23-28(25,26)19-13-11-18(12-14-19)27-15-21(24)22-17-8-3-2-4-9-17/h5-7,10-14,17,23H,2-4,8-9,15H2,1H3,(H,22,24). The lowest BCUT2D eigenvalue weighted by Gasteiger charge is -2.22. The van der Waals surface area contributed by atoms with Crippen LogP contribution in [0.25, 0.3) is 0 Å². The average Bonchev–Trinajstić information content (AvgIpc) is 2.69. The molecule has 1 amide bonds. The van der Waals surface area contributed by atoms with E-state index in [1.807, 2.05) is 19.1 Å². The highest BCUT2D eigenvalue weighted by Crippen LogP contribution is 2.21. The quantitative estimate of drug-likeness (QED) is 0.741. The predicted molar refractivity (Wildman–Crippen MR) is 109 cm³/mol. The van der Waals surface area contributed by atoms with Gasteiger partial charge < -0.3 is 10.1 Å². The van der Waals surface area contributed by atoms with E-state index < -0.39 is 10.0 Å². The van der Waals surface area contributed by atoms with E-state index >= 15 is 0 Å². The van der Waals surface area contributed by atoms with E-state index in [9.17, 15) is 13.2 Å². The molecule has 2 aromatic rings. The number of nitrogens with one attached hydrogen (secondary N) is 2. The molecule has 2 N–H and O–H groups in total. The lowest BCUT2D eigenvalue weighted by molar-refractivity contribution is -0.124. The molecule has 0 aromatic heterocycles. The van der Waals surface area contributed by atoms with Crippen molar-refractivity contribution in [1.29, 1.82) is 0 Å². The summed E-state index contributed by atoms with van der Waals surface area (Å²) in [7, 11) is -3.69. The normalized spacial score (nSPS) is 15.0. The van der Waals surface area contributed by atoms with Gasteiger partial charge in [0, 0.05) is 6.04 Å². The van der Waals surface area contributed by atoms with Gasteiger partial charge in [0.05, 0.1) is 10.6 Å². The molecule has 1 fully saturated rings. The third kappa shape index (κ3) is 5.48. The summed E-state index contributed by atoms with van der Waals surface area (Å²) in [6, 6.07) is 13.5. The summed E-state index contributed by atoms with van der Waals surface area (Å²) < 4.78 is 33.1. The molecule has 0 saturated heterocycles. The fourth-order valence-electron chi connectivity index (χ4n) is 3.27. The Balaban J connectivity index is 1.55. The first-order valence-corrected chi connectivity index (χ1v) is 11.0. The van der Waals surface area contributed by atoms with Gasteiger partial charge in [-0.05, 0) is 55.7 Å². The number of hydrogen-bond acceptors (Lipinski definition) is 4. The number of sulfonamides is 1. The summed E-state index contributed by atoms with van der Waals surface area (Å²) in [4.78, 5) is 12.1. The first kappa shape index (κ1) is 20.2. The van der Waals surface area contributed by atoms with Crippen molar-refractivity contribution >= 4 is 21.6 Å². The van der Waals surface area contributed by atoms with E-state index in [2.05, 4.69) is 10.0 Å². The molecule has 1 aliphatic rings. The van der Waals surface area contributed by atoms with Crippen molar-refractivity contribution in [1.82, 2.24) is 5.32 Å². The van der Waals surface area contributed by atoms with Gasteiger partial charge in [-0.3, -0.25) is 9.52 Å². The van der Waals surface area contributed by atoms with Crippen LogP contribution in [0.2, 0.25) is 0 Å². The molecule has 7 heteroatoms. The van der Waals surface area contributed by atoms with Gasteiger partial charge in [-0.15, -0.1) is 0 Å². The van der Waals surface area contributed by atoms with Crippen molar-refractivity contribution in [2.45, 2.75) is 50.0 Å². The molecule has 0 radical (unpaired) electrons. The highest BCUT2D eigenvalue weighted by Gasteiger charge is 2.17. The zero-order valence-electron chi connectivity index (χ0n) is 16.0. The number of benzene rings is 2. The maximum Gasteiger partial charge on any atom is 0.261 e. The van der Waals surface area contributed by atoms with Gasteiger partial charge in [0.25, 0.3) is 15.9 Å². The van der Waals surface area contributed by atoms with Crippen LogP contribution in [0.15, 0.2) is 53.4 Å². The molecule has 3 rings (SSSR count). The zero-order chi connectivity index (χ0) is 20.0. The third-order valence-electron chi connectivity index (χ3n) is 4.86. The third-order valence-corrected chi connectivity index (χ3v) is 6.25. The van der Waals surface area contributed by atoms with Gasteiger partial charge in [-0.1, -0.05) is 37.5 Å². The number of rotatable bonds is 7. The van der Waals surface area contributed by atoms with Crippen LogP contribution in [-0.2, 0) is 14.8 Å². The van der Waals surface area contributed by atoms with Gasteiger partial charge in [-0.2, -0.15) is 0 Å². The van der Waals surface area contributed by atoms with E-state index in [4.69, 9.17) is 4.74 Å². The Bertz CT molecular complexity index is 904. The SMILES string of the molecule is Cc1ccccc1NS(=O)(=O)c1ccc(OCC(=O)NC2CCCCC2)cc1. The number of carbonyl (C=O) groups excluding carboxylic acids is 1. The minimum Gasteiger partial charge on any atom is -0.484 e. The van der Waals surface area contributed by atoms with E-state index in [-0.39, 0.29) is 23.5 Å². The molecule has 6 nitrogen and oxygen atoms in total. The van der Waals surface area contributed by atoms with Gasteiger partial charge in [-0.25, -0.2) is 8.42 Å². The lowest BCUT2D eigenvalue weighted by Crippen LogP contribution is -2.38. The van der Waals surface area contributed by atoms with Crippen molar-refractivity contribution in [3.63, 3.8) is 0 Å². The Morgan fingerprint density at radius 3 is 2.39 bits per heavy atom. The van der Waals surface area contributed by atoms with E-state index in [1.54, 1.807) is 24.3 Å². The molecule has 28 heavy (non-hydrogen) atoms. The van der Waals surface area contributed by atoms with Gasteiger partial charge in [0.1, 0.15) is 5.75 Å². The second kappa shape index (κ2) is 9.10. The molecule has 0 aliphatic heterocycles. The summed E-state index contributed by atoms with van der Waals surface area (Å²) in [6.45, 7) is 1.76. The molecule has 1 saturated carbocycles. The van der Waals surface area contributed by atoms with Gasteiger partial charge in [0.15, 0.2) is 6.61 Å². The average molecular weight is 403 g/mol. The number of amides is 1. The van der Waals surface area contributed by atoms with Crippen molar-refractivity contribution in [2.24, 2.45) is 0 Å². The highest BCUT2D eigenvalue weighted by molar-refractivity contribution is 7.92. The Morgan fingerprint density at radius 1 is 1.04 bits per heavy atom. The molecule has 0 spiro atoms. The van der Waals surface area contributed by atoms with Crippen LogP contribution in [0.5, 0.6) is 5.75 Å².